The number of nitrogens with two attached hydrogens (primary N) is 2. The van der Waals surface area contributed by atoms with Crippen LogP contribution in [0.4, 0.5) is 0 Å². The maximum Gasteiger partial charge on any atom is 0.170 e. The Morgan fingerprint density at radius 3 is 1.80 bits per heavy atom. The third-order valence-corrected chi connectivity index (χ3v) is 5.47. The van der Waals surface area contributed by atoms with Crippen LogP contribution in [0.25, 0.3) is 0 Å². The minimum absolute atomic E-state index is 0.0760. The van der Waals surface area contributed by atoms with Crippen molar-refractivity contribution in [3.8, 4) is 23.3 Å². The van der Waals surface area contributed by atoms with Crippen LogP contribution in [-0.4, -0.2) is 35.3 Å². The Morgan fingerprint density at radius 1 is 0.800 bits per heavy atom. The van der Waals surface area contributed by atoms with Gasteiger partial charge in [-0.25, -0.2) is 0 Å². The first-order chi connectivity index (χ1) is 17.1. The summed E-state index contributed by atoms with van der Waals surface area (Å²) < 4.78 is 11.5. The molecule has 2 rings (SSSR count). The summed E-state index contributed by atoms with van der Waals surface area (Å²) in [6.07, 6.45) is 6.91. The van der Waals surface area contributed by atoms with Gasteiger partial charge in [0.15, 0.2) is 11.7 Å². The number of rotatable bonds is 14. The van der Waals surface area contributed by atoms with Gasteiger partial charge in [0.25, 0.3) is 0 Å². The quantitative estimate of drug-likeness (QED) is 0.0772. The van der Waals surface area contributed by atoms with E-state index < -0.39 is 0 Å². The van der Waals surface area contributed by atoms with Gasteiger partial charge in [-0.15, -0.1) is 11.8 Å². The van der Waals surface area contributed by atoms with Crippen LogP contribution in [-0.2, 0) is 0 Å². The molecule has 2 aromatic rings. The van der Waals surface area contributed by atoms with Crippen LogP contribution in [0, 0.1) is 17.8 Å². The fourth-order valence-electron chi connectivity index (χ4n) is 3.53. The van der Waals surface area contributed by atoms with Crippen molar-refractivity contribution < 1.29 is 19.9 Å². The van der Waals surface area contributed by atoms with E-state index in [9.17, 15) is 0 Å². The van der Waals surface area contributed by atoms with E-state index in [0.29, 0.717) is 30.3 Å². The van der Waals surface area contributed by atoms with Gasteiger partial charge in [0, 0.05) is 24.0 Å². The molecule has 35 heavy (non-hydrogen) atoms. The summed E-state index contributed by atoms with van der Waals surface area (Å²) in [7, 11) is 0. The Balaban J connectivity index is 1.62. The molecule has 6 N–H and O–H groups in total. The summed E-state index contributed by atoms with van der Waals surface area (Å²) in [5.74, 6) is 8.85. The van der Waals surface area contributed by atoms with Crippen molar-refractivity contribution in [1.82, 2.24) is 0 Å². The van der Waals surface area contributed by atoms with E-state index in [2.05, 4.69) is 29.1 Å². The number of hydrogen-bond acceptors (Lipinski definition) is 6. The SMILES string of the molecule is CCCC(CC#CCCCOc1ccc(/C(N)=N\O)cc1)CCCOc1ccc(/C(N)=N/O)cc1. The van der Waals surface area contributed by atoms with Gasteiger partial charge < -0.3 is 31.4 Å². The molecule has 188 valence electrons. The van der Waals surface area contributed by atoms with Crippen molar-refractivity contribution in [3.63, 3.8) is 0 Å². The van der Waals surface area contributed by atoms with Crippen molar-refractivity contribution in [1.29, 1.82) is 0 Å². The van der Waals surface area contributed by atoms with Crippen LogP contribution in [0.3, 0.4) is 0 Å². The summed E-state index contributed by atoms with van der Waals surface area (Å²) >= 11 is 0. The number of benzene rings is 2. The van der Waals surface area contributed by atoms with Gasteiger partial charge in [-0.3, -0.25) is 0 Å². The molecule has 0 saturated carbocycles. The molecule has 0 aliphatic heterocycles. The first kappa shape index (κ1) is 27.4. The highest BCUT2D eigenvalue weighted by Crippen LogP contribution is 2.19. The number of oxime groups is 2. The van der Waals surface area contributed by atoms with Crippen molar-refractivity contribution >= 4 is 11.7 Å². The van der Waals surface area contributed by atoms with Gasteiger partial charge >= 0.3 is 0 Å². The highest BCUT2D eigenvalue weighted by Gasteiger charge is 2.07. The molecule has 0 aliphatic rings. The van der Waals surface area contributed by atoms with Crippen molar-refractivity contribution in [2.45, 2.75) is 51.9 Å². The largest absolute Gasteiger partial charge is 0.494 e. The van der Waals surface area contributed by atoms with Crippen LogP contribution in [0.2, 0.25) is 0 Å². The molecule has 2 aromatic carbocycles. The molecule has 0 bridgehead atoms. The van der Waals surface area contributed by atoms with Crippen molar-refractivity contribution in [2.24, 2.45) is 27.7 Å². The topological polar surface area (TPSA) is 136 Å². The van der Waals surface area contributed by atoms with Gasteiger partial charge in [0.1, 0.15) is 11.5 Å². The highest BCUT2D eigenvalue weighted by molar-refractivity contribution is 5.97. The van der Waals surface area contributed by atoms with Gasteiger partial charge in [0.2, 0.25) is 0 Å². The van der Waals surface area contributed by atoms with E-state index >= 15 is 0 Å². The molecular formula is C27H36N4O4. The zero-order valence-electron chi connectivity index (χ0n) is 20.3. The van der Waals surface area contributed by atoms with E-state index in [1.165, 1.54) is 0 Å². The predicted molar refractivity (Wildman–Crippen MR) is 138 cm³/mol. The molecule has 8 heteroatoms. The lowest BCUT2D eigenvalue weighted by Gasteiger charge is -2.13. The smallest absolute Gasteiger partial charge is 0.170 e. The Bertz CT molecular complexity index is 993. The lowest BCUT2D eigenvalue weighted by Crippen LogP contribution is -2.12. The highest BCUT2D eigenvalue weighted by atomic mass is 16.5. The molecule has 0 radical (unpaired) electrons. The lowest BCUT2D eigenvalue weighted by molar-refractivity contribution is 0.289. The summed E-state index contributed by atoms with van der Waals surface area (Å²) in [5, 5.41) is 23.4. The molecule has 0 aliphatic carbocycles. The summed E-state index contributed by atoms with van der Waals surface area (Å²) in [6.45, 7) is 3.44. The van der Waals surface area contributed by atoms with Crippen LogP contribution in [0.5, 0.6) is 11.5 Å². The maximum atomic E-state index is 8.72. The molecule has 1 unspecified atom stereocenters. The number of ether oxygens (including phenoxy) is 2. The zero-order chi connectivity index (χ0) is 25.3. The molecule has 1 atom stereocenters. The van der Waals surface area contributed by atoms with E-state index in [4.69, 9.17) is 31.4 Å². The van der Waals surface area contributed by atoms with E-state index in [0.717, 1.165) is 56.4 Å². The first-order valence-corrected chi connectivity index (χ1v) is 11.9. The van der Waals surface area contributed by atoms with Crippen LogP contribution < -0.4 is 20.9 Å². The van der Waals surface area contributed by atoms with E-state index in [1.54, 1.807) is 36.4 Å². The second-order valence-corrected chi connectivity index (χ2v) is 8.17. The maximum absolute atomic E-state index is 8.72. The van der Waals surface area contributed by atoms with E-state index in [1.807, 2.05) is 12.1 Å². The fraction of sp³-hybridized carbons (Fsp3) is 0.407. The third-order valence-electron chi connectivity index (χ3n) is 5.47. The van der Waals surface area contributed by atoms with Crippen LogP contribution >= 0.6 is 0 Å². The molecule has 0 fully saturated rings. The second-order valence-electron chi connectivity index (χ2n) is 8.17. The Kier molecular flexibility index (Phi) is 12.4. The average Bonchev–Trinajstić information content (AvgIpc) is 2.90. The molecule has 0 heterocycles. The molecule has 0 aromatic heterocycles. The fourth-order valence-corrected chi connectivity index (χ4v) is 3.53. The molecule has 0 amide bonds. The monoisotopic (exact) mass is 480 g/mol. The van der Waals surface area contributed by atoms with Crippen LogP contribution in [0.1, 0.15) is 63.0 Å². The summed E-state index contributed by atoms with van der Waals surface area (Å²) in [6, 6.07) is 14.3. The zero-order valence-corrected chi connectivity index (χ0v) is 20.3. The average molecular weight is 481 g/mol. The number of nitrogens with zero attached hydrogens (tertiary/aromatic N) is 2. The van der Waals surface area contributed by atoms with Gasteiger partial charge in [-0.05, 0) is 80.1 Å². The Hall–Kier alpha value is -3.86. The standard InChI is InChI=1S/C27H36N4O4/c1-2-8-21(10-7-20-35-25-17-13-23(14-18-25)27(29)31-33)9-5-3-4-6-19-34-24-15-11-22(12-16-24)26(28)30-32/h11-18,21,32-33H,2,4,6-10,19-20H2,1H3,(H2,28,30)(H2,29,31). The minimum atomic E-state index is 0.0760. The second kappa shape index (κ2) is 15.9. The normalized spacial score (nSPS) is 12.5. The van der Waals surface area contributed by atoms with Crippen molar-refractivity contribution in [3.05, 3.63) is 59.7 Å². The molecule has 8 nitrogen and oxygen atoms in total. The first-order valence-electron chi connectivity index (χ1n) is 11.9. The van der Waals surface area contributed by atoms with Gasteiger partial charge in [-0.2, -0.15) is 0 Å². The minimum Gasteiger partial charge on any atom is -0.494 e. The molecule has 0 spiro atoms. The third kappa shape index (κ3) is 10.3. The van der Waals surface area contributed by atoms with Gasteiger partial charge in [0.05, 0.1) is 13.2 Å². The predicted octanol–water partition coefficient (Wildman–Crippen LogP) is 4.70. The Labute approximate surface area is 207 Å². The number of hydrogen-bond donors (Lipinski definition) is 4. The van der Waals surface area contributed by atoms with Crippen molar-refractivity contribution in [2.75, 3.05) is 13.2 Å². The molecule has 0 saturated heterocycles. The lowest BCUT2D eigenvalue weighted by atomic mass is 9.95. The van der Waals surface area contributed by atoms with Gasteiger partial charge in [-0.1, -0.05) is 23.7 Å². The Morgan fingerprint density at radius 2 is 1.31 bits per heavy atom. The number of unbranched alkanes of at least 4 members (excludes halogenated alkanes) is 1. The number of amidine groups is 2. The summed E-state index contributed by atoms with van der Waals surface area (Å²) in [4.78, 5) is 0. The summed E-state index contributed by atoms with van der Waals surface area (Å²) in [5.41, 5.74) is 12.4. The van der Waals surface area contributed by atoms with Crippen LogP contribution in [0.15, 0.2) is 58.8 Å². The van der Waals surface area contributed by atoms with E-state index in [-0.39, 0.29) is 11.7 Å². The molecular weight excluding hydrogens is 444 g/mol.